The van der Waals surface area contributed by atoms with Gasteiger partial charge in [0.1, 0.15) is 6.54 Å². The van der Waals surface area contributed by atoms with E-state index in [2.05, 4.69) is 10.5 Å². The summed E-state index contributed by atoms with van der Waals surface area (Å²) in [5.74, 6) is 0.0837. The Morgan fingerprint density at radius 3 is 2.29 bits per heavy atom. The zero-order valence-electron chi connectivity index (χ0n) is 23.7. The second-order valence-corrected chi connectivity index (χ2v) is 12.1. The van der Waals surface area contributed by atoms with Crippen LogP contribution in [-0.2, 0) is 14.8 Å². The summed E-state index contributed by atoms with van der Waals surface area (Å²) in [4.78, 5) is 13.1. The number of nitrogens with zero attached hydrogens (tertiary/aromatic N) is 3. The molecule has 12 heteroatoms. The molecule has 0 spiro atoms. The zero-order chi connectivity index (χ0) is 30.6. The van der Waals surface area contributed by atoms with Crippen LogP contribution >= 0.6 is 23.2 Å². The van der Waals surface area contributed by atoms with E-state index in [0.29, 0.717) is 21.5 Å². The summed E-state index contributed by atoms with van der Waals surface area (Å²) in [5.41, 5.74) is 6.79. The van der Waals surface area contributed by atoms with Gasteiger partial charge in [-0.3, -0.25) is 9.10 Å². The topological polar surface area (TPSA) is 102 Å². The highest BCUT2D eigenvalue weighted by Crippen LogP contribution is 2.34. The van der Waals surface area contributed by atoms with Crippen molar-refractivity contribution in [2.75, 3.05) is 25.1 Å². The minimum Gasteiger partial charge on any atom is -0.493 e. The second-order valence-electron chi connectivity index (χ2n) is 9.41. The lowest BCUT2D eigenvalue weighted by Crippen LogP contribution is -2.39. The molecule has 0 bridgehead atoms. The summed E-state index contributed by atoms with van der Waals surface area (Å²) < 4.78 is 41.0. The van der Waals surface area contributed by atoms with Crippen molar-refractivity contribution in [1.82, 2.24) is 9.99 Å². The minimum absolute atomic E-state index is 0.0347. The quantitative estimate of drug-likeness (QED) is 0.170. The van der Waals surface area contributed by atoms with Gasteiger partial charge in [0.2, 0.25) is 0 Å². The normalized spacial score (nSPS) is 11.5. The molecule has 0 fully saturated rings. The molecule has 1 amide bonds. The Bertz CT molecular complexity index is 1750. The SMILES string of the molecule is COc1ccc(N(CC(=O)N/N=C\c2cc(C)n(-c3ccc(Cl)cc3Cl)c2C)S(=O)(=O)c2ccc(C)cc2)cc1OC. The van der Waals surface area contributed by atoms with Crippen molar-refractivity contribution >= 4 is 51.0 Å². The summed E-state index contributed by atoms with van der Waals surface area (Å²) in [6.45, 7) is 5.14. The molecule has 0 aliphatic carbocycles. The smallest absolute Gasteiger partial charge is 0.264 e. The molecule has 0 radical (unpaired) electrons. The molecule has 1 aromatic heterocycles. The lowest BCUT2D eigenvalue weighted by atomic mass is 10.2. The van der Waals surface area contributed by atoms with E-state index in [-0.39, 0.29) is 10.6 Å². The lowest BCUT2D eigenvalue weighted by Gasteiger charge is -2.24. The van der Waals surface area contributed by atoms with Gasteiger partial charge in [0.15, 0.2) is 11.5 Å². The molecule has 0 unspecified atom stereocenters. The van der Waals surface area contributed by atoms with E-state index in [0.717, 1.165) is 32.5 Å². The third-order valence-corrected chi connectivity index (χ3v) is 8.89. The van der Waals surface area contributed by atoms with Crippen LogP contribution in [0.2, 0.25) is 10.0 Å². The van der Waals surface area contributed by atoms with Crippen molar-refractivity contribution in [2.24, 2.45) is 5.10 Å². The summed E-state index contributed by atoms with van der Waals surface area (Å²) in [6, 6.07) is 18.1. The second kappa shape index (κ2) is 12.9. The lowest BCUT2D eigenvalue weighted by molar-refractivity contribution is -0.119. The molecule has 0 saturated carbocycles. The fraction of sp³-hybridized carbons (Fsp3) is 0.200. The molecule has 4 rings (SSSR count). The van der Waals surface area contributed by atoms with Gasteiger partial charge in [0.25, 0.3) is 15.9 Å². The number of amides is 1. The molecule has 4 aromatic rings. The number of aryl methyl sites for hydroxylation is 2. The highest BCUT2D eigenvalue weighted by molar-refractivity contribution is 7.92. The van der Waals surface area contributed by atoms with E-state index in [9.17, 15) is 13.2 Å². The number of rotatable bonds is 10. The van der Waals surface area contributed by atoms with E-state index in [1.54, 1.807) is 36.4 Å². The number of carbonyl (C=O) groups excluding carboxylic acids is 1. The standard InChI is InChI=1S/C30H30Cl2N4O5S/c1-19-6-10-25(11-7-19)42(38,39)35(24-9-13-28(40-4)29(16-24)41-5)18-30(37)34-33-17-22-14-20(2)36(21(22)3)27-12-8-23(31)15-26(27)32/h6-17H,18H2,1-5H3,(H,34,37)/b33-17-. The number of carbonyl (C=O) groups is 1. The Morgan fingerprint density at radius 2 is 1.64 bits per heavy atom. The van der Waals surface area contributed by atoms with Crippen molar-refractivity contribution in [3.63, 3.8) is 0 Å². The minimum atomic E-state index is -4.14. The van der Waals surface area contributed by atoms with Crippen LogP contribution in [0.4, 0.5) is 5.69 Å². The third-order valence-electron chi connectivity index (χ3n) is 6.57. The van der Waals surface area contributed by atoms with Crippen molar-refractivity contribution in [2.45, 2.75) is 25.7 Å². The number of methoxy groups -OCH3 is 2. The Hall–Kier alpha value is -3.99. The maximum absolute atomic E-state index is 13.7. The summed E-state index contributed by atoms with van der Waals surface area (Å²) >= 11 is 12.5. The molecule has 0 aliphatic heterocycles. The summed E-state index contributed by atoms with van der Waals surface area (Å²) in [7, 11) is -1.21. The number of nitrogens with one attached hydrogen (secondary N) is 1. The zero-order valence-corrected chi connectivity index (χ0v) is 26.0. The molecular weight excluding hydrogens is 599 g/mol. The fourth-order valence-corrected chi connectivity index (χ4v) is 6.33. The number of benzene rings is 3. The Labute approximate surface area is 255 Å². The van der Waals surface area contributed by atoms with Gasteiger partial charge in [-0.25, -0.2) is 13.8 Å². The van der Waals surface area contributed by atoms with Gasteiger partial charge in [0, 0.05) is 28.0 Å². The van der Waals surface area contributed by atoms with Gasteiger partial charge in [-0.1, -0.05) is 40.9 Å². The van der Waals surface area contributed by atoms with Gasteiger partial charge in [0.05, 0.1) is 41.7 Å². The van der Waals surface area contributed by atoms with Crippen molar-refractivity contribution in [1.29, 1.82) is 0 Å². The Morgan fingerprint density at radius 1 is 0.952 bits per heavy atom. The summed E-state index contributed by atoms with van der Waals surface area (Å²) in [5, 5.41) is 5.12. The van der Waals surface area contributed by atoms with Crippen LogP contribution in [0.1, 0.15) is 22.5 Å². The largest absolute Gasteiger partial charge is 0.493 e. The van der Waals surface area contributed by atoms with Gasteiger partial charge in [-0.05, 0) is 69.3 Å². The maximum atomic E-state index is 13.7. The van der Waals surface area contributed by atoms with Crippen LogP contribution in [0.25, 0.3) is 5.69 Å². The number of anilines is 1. The predicted octanol–water partition coefficient (Wildman–Crippen LogP) is 6.07. The van der Waals surface area contributed by atoms with E-state index < -0.39 is 22.5 Å². The van der Waals surface area contributed by atoms with E-state index in [4.69, 9.17) is 32.7 Å². The first-order valence-corrected chi connectivity index (χ1v) is 14.9. The number of sulfonamides is 1. The Balaban J connectivity index is 1.60. The van der Waals surface area contributed by atoms with Crippen LogP contribution in [0.3, 0.4) is 0 Å². The van der Waals surface area contributed by atoms with Crippen LogP contribution in [0.15, 0.2) is 76.7 Å². The van der Waals surface area contributed by atoms with Gasteiger partial charge in [-0.2, -0.15) is 5.10 Å². The molecule has 220 valence electrons. The van der Waals surface area contributed by atoms with Crippen LogP contribution in [0, 0.1) is 20.8 Å². The Kier molecular flexibility index (Phi) is 9.50. The van der Waals surface area contributed by atoms with Crippen LogP contribution in [-0.4, -0.2) is 45.9 Å². The predicted molar refractivity (Wildman–Crippen MR) is 166 cm³/mol. The molecule has 0 aliphatic rings. The number of hydrogen-bond acceptors (Lipinski definition) is 6. The third kappa shape index (κ3) is 6.56. The molecule has 1 N–H and O–H groups in total. The number of hydrazone groups is 1. The molecule has 42 heavy (non-hydrogen) atoms. The fourth-order valence-electron chi connectivity index (χ4n) is 4.42. The van der Waals surface area contributed by atoms with E-state index in [1.165, 1.54) is 38.6 Å². The maximum Gasteiger partial charge on any atom is 0.264 e. The van der Waals surface area contributed by atoms with Gasteiger partial charge >= 0.3 is 0 Å². The molecular formula is C30H30Cl2N4O5S. The monoisotopic (exact) mass is 628 g/mol. The molecule has 0 saturated heterocycles. The van der Waals surface area contributed by atoms with E-state index >= 15 is 0 Å². The highest BCUT2D eigenvalue weighted by atomic mass is 35.5. The number of halogens is 2. The molecule has 0 atom stereocenters. The van der Waals surface area contributed by atoms with Crippen LogP contribution < -0.4 is 19.2 Å². The van der Waals surface area contributed by atoms with Crippen molar-refractivity contribution in [3.05, 3.63) is 99.3 Å². The van der Waals surface area contributed by atoms with Crippen molar-refractivity contribution < 1.29 is 22.7 Å². The highest BCUT2D eigenvalue weighted by Gasteiger charge is 2.28. The van der Waals surface area contributed by atoms with Crippen molar-refractivity contribution in [3.8, 4) is 17.2 Å². The number of aromatic nitrogens is 1. The molecule has 9 nitrogen and oxygen atoms in total. The first-order valence-electron chi connectivity index (χ1n) is 12.7. The van der Waals surface area contributed by atoms with Crippen LogP contribution in [0.5, 0.6) is 11.5 Å². The summed E-state index contributed by atoms with van der Waals surface area (Å²) in [6.07, 6.45) is 1.50. The van der Waals surface area contributed by atoms with Gasteiger partial charge in [-0.15, -0.1) is 0 Å². The molecule has 1 heterocycles. The van der Waals surface area contributed by atoms with E-state index in [1.807, 2.05) is 37.5 Å². The van der Waals surface area contributed by atoms with Gasteiger partial charge < -0.3 is 14.0 Å². The average Bonchev–Trinajstić information content (AvgIpc) is 3.23. The number of hydrogen-bond donors (Lipinski definition) is 1. The first-order chi connectivity index (χ1) is 20.0. The molecule has 3 aromatic carbocycles. The number of ether oxygens (including phenoxy) is 2. The first kappa shape index (κ1) is 31.0. The average molecular weight is 630 g/mol.